The molecule has 5 nitrogen and oxygen atoms in total. The summed E-state index contributed by atoms with van der Waals surface area (Å²) in [6.07, 6.45) is 15.1. The number of allylic oxidation sites excluding steroid dienone is 4. The monoisotopic (exact) mass is 410 g/mol. The number of nitrogens with one attached hydrogen (secondary N) is 1. The number of amides is 1. The molecule has 0 unspecified atom stereocenters. The van der Waals surface area contributed by atoms with E-state index in [1.807, 2.05) is 6.21 Å². The molecule has 0 saturated carbocycles. The van der Waals surface area contributed by atoms with Gasteiger partial charge in [0, 0.05) is 50.4 Å². The van der Waals surface area contributed by atoms with Crippen LogP contribution in [-0.4, -0.2) is 48.7 Å². The van der Waals surface area contributed by atoms with Crippen molar-refractivity contribution in [1.29, 1.82) is 0 Å². The fourth-order valence-electron chi connectivity index (χ4n) is 3.15. The number of piperidine rings is 1. The van der Waals surface area contributed by atoms with Gasteiger partial charge in [0.2, 0.25) is 0 Å². The SMILES string of the molecule is C=C(F)C(=C)CNC(=O)c1ccnc(CC/C=C/C=C(\C=N/C)N2CCCCC2)c1. The van der Waals surface area contributed by atoms with Crippen LogP contribution in [0.5, 0.6) is 0 Å². The van der Waals surface area contributed by atoms with Crippen LogP contribution in [0.25, 0.3) is 0 Å². The van der Waals surface area contributed by atoms with Gasteiger partial charge < -0.3 is 10.2 Å². The molecule has 1 saturated heterocycles. The molecule has 1 amide bonds. The van der Waals surface area contributed by atoms with Gasteiger partial charge in [-0.25, -0.2) is 4.39 Å². The van der Waals surface area contributed by atoms with E-state index in [0.29, 0.717) is 5.56 Å². The van der Waals surface area contributed by atoms with Crippen molar-refractivity contribution in [2.75, 3.05) is 26.7 Å². The van der Waals surface area contributed by atoms with E-state index in [9.17, 15) is 9.18 Å². The molecule has 0 bridgehead atoms. The van der Waals surface area contributed by atoms with E-state index in [-0.39, 0.29) is 18.0 Å². The van der Waals surface area contributed by atoms with E-state index in [4.69, 9.17) is 0 Å². The first-order chi connectivity index (χ1) is 14.5. The number of aromatic nitrogens is 1. The summed E-state index contributed by atoms with van der Waals surface area (Å²) in [5.74, 6) is -0.912. The quantitative estimate of drug-likeness (QED) is 0.459. The third-order valence-electron chi connectivity index (χ3n) is 4.88. The molecule has 0 radical (unpaired) electrons. The molecule has 1 aliphatic rings. The predicted octanol–water partition coefficient (Wildman–Crippen LogP) is 4.41. The van der Waals surface area contributed by atoms with Gasteiger partial charge in [0.15, 0.2) is 0 Å². The van der Waals surface area contributed by atoms with Crippen molar-refractivity contribution in [2.45, 2.75) is 32.1 Å². The average Bonchev–Trinajstić information content (AvgIpc) is 2.77. The molecule has 1 fully saturated rings. The summed E-state index contributed by atoms with van der Waals surface area (Å²) in [5, 5.41) is 2.63. The highest BCUT2D eigenvalue weighted by atomic mass is 19.1. The number of pyridine rings is 1. The number of carbonyl (C=O) groups is 1. The van der Waals surface area contributed by atoms with Crippen LogP contribution in [0.4, 0.5) is 4.39 Å². The summed E-state index contributed by atoms with van der Waals surface area (Å²) in [6.45, 7) is 8.88. The first-order valence-electron chi connectivity index (χ1n) is 10.3. The number of rotatable bonds is 10. The molecule has 160 valence electrons. The number of likely N-dealkylation sites (tertiary alicyclic amines) is 1. The minimum atomic E-state index is -0.625. The molecule has 0 aliphatic carbocycles. The number of aliphatic imine (C=N–C) groups is 1. The molecule has 1 N–H and O–H groups in total. The molecule has 6 heteroatoms. The second kappa shape index (κ2) is 12.5. The van der Waals surface area contributed by atoms with Crippen molar-refractivity contribution in [2.24, 2.45) is 4.99 Å². The van der Waals surface area contributed by atoms with Gasteiger partial charge in [-0.15, -0.1) is 0 Å². The van der Waals surface area contributed by atoms with Gasteiger partial charge >= 0.3 is 0 Å². The lowest BCUT2D eigenvalue weighted by Gasteiger charge is -2.29. The maximum absolute atomic E-state index is 12.9. The Labute approximate surface area is 178 Å². The van der Waals surface area contributed by atoms with E-state index in [1.54, 1.807) is 25.4 Å². The predicted molar refractivity (Wildman–Crippen MR) is 121 cm³/mol. The lowest BCUT2D eigenvalue weighted by molar-refractivity contribution is 0.0957. The third kappa shape index (κ3) is 7.78. The van der Waals surface area contributed by atoms with Crippen LogP contribution in [0, 0.1) is 0 Å². The number of nitrogens with zero attached hydrogens (tertiary/aromatic N) is 3. The topological polar surface area (TPSA) is 57.6 Å². The first-order valence-corrected chi connectivity index (χ1v) is 10.3. The highest BCUT2D eigenvalue weighted by Gasteiger charge is 2.11. The Kier molecular flexibility index (Phi) is 9.71. The molecule has 0 spiro atoms. The molecule has 1 aromatic rings. The maximum Gasteiger partial charge on any atom is 0.251 e. The minimum absolute atomic E-state index is 0.0291. The summed E-state index contributed by atoms with van der Waals surface area (Å²) in [5.41, 5.74) is 2.62. The summed E-state index contributed by atoms with van der Waals surface area (Å²) < 4.78 is 12.9. The largest absolute Gasteiger partial charge is 0.370 e. The molecule has 2 heterocycles. The molecule has 30 heavy (non-hydrogen) atoms. The van der Waals surface area contributed by atoms with E-state index < -0.39 is 5.83 Å². The van der Waals surface area contributed by atoms with Gasteiger partial charge in [0.25, 0.3) is 5.91 Å². The van der Waals surface area contributed by atoms with Crippen LogP contribution in [-0.2, 0) is 6.42 Å². The van der Waals surface area contributed by atoms with Gasteiger partial charge in [0.1, 0.15) is 5.83 Å². The van der Waals surface area contributed by atoms with Crippen LogP contribution < -0.4 is 5.32 Å². The van der Waals surface area contributed by atoms with Crippen molar-refractivity contribution in [3.63, 3.8) is 0 Å². The minimum Gasteiger partial charge on any atom is -0.370 e. The highest BCUT2D eigenvalue weighted by molar-refractivity contribution is 5.94. The van der Waals surface area contributed by atoms with Crippen molar-refractivity contribution in [3.05, 3.63) is 78.1 Å². The molecule has 1 aromatic heterocycles. The second-order valence-corrected chi connectivity index (χ2v) is 7.22. The fourth-order valence-corrected chi connectivity index (χ4v) is 3.15. The van der Waals surface area contributed by atoms with Crippen molar-refractivity contribution < 1.29 is 9.18 Å². The van der Waals surface area contributed by atoms with Crippen LogP contribution in [0.2, 0.25) is 0 Å². The molecule has 0 atom stereocenters. The Bertz CT molecular complexity index is 835. The van der Waals surface area contributed by atoms with E-state index in [2.05, 4.69) is 51.6 Å². The second-order valence-electron chi connectivity index (χ2n) is 7.22. The van der Waals surface area contributed by atoms with Gasteiger partial charge in [-0.2, -0.15) is 0 Å². The number of hydrogen-bond donors (Lipinski definition) is 1. The molecule has 0 aromatic carbocycles. The zero-order valence-corrected chi connectivity index (χ0v) is 17.7. The summed E-state index contributed by atoms with van der Waals surface area (Å²) in [6, 6.07) is 3.40. The molecular formula is C24H31FN4O. The lowest BCUT2D eigenvalue weighted by atomic mass is 10.1. The van der Waals surface area contributed by atoms with Crippen molar-refractivity contribution in [1.82, 2.24) is 15.2 Å². The number of carbonyl (C=O) groups excluding carboxylic acids is 1. The van der Waals surface area contributed by atoms with Crippen molar-refractivity contribution in [3.8, 4) is 0 Å². The highest BCUT2D eigenvalue weighted by Crippen LogP contribution is 2.14. The Morgan fingerprint density at radius 2 is 2.10 bits per heavy atom. The molecule has 1 aliphatic heterocycles. The number of aryl methyl sites for hydroxylation is 1. The van der Waals surface area contributed by atoms with Crippen LogP contribution in [0.3, 0.4) is 0 Å². The van der Waals surface area contributed by atoms with Crippen LogP contribution >= 0.6 is 0 Å². The zero-order valence-electron chi connectivity index (χ0n) is 17.7. The average molecular weight is 411 g/mol. The normalized spacial score (nSPS) is 15.0. The van der Waals surface area contributed by atoms with Gasteiger partial charge in [0.05, 0.1) is 5.70 Å². The smallest absolute Gasteiger partial charge is 0.251 e. The molecular weight excluding hydrogens is 379 g/mol. The zero-order chi connectivity index (χ0) is 21.8. The van der Waals surface area contributed by atoms with E-state index in [1.165, 1.54) is 19.3 Å². The van der Waals surface area contributed by atoms with Gasteiger partial charge in [-0.05, 0) is 55.9 Å². The Balaban J connectivity index is 1.88. The van der Waals surface area contributed by atoms with Gasteiger partial charge in [-0.1, -0.05) is 25.3 Å². The summed E-state index contributed by atoms with van der Waals surface area (Å²) in [4.78, 5) is 23.1. The van der Waals surface area contributed by atoms with Crippen LogP contribution in [0.15, 0.2) is 71.8 Å². The standard InChI is InChI=1S/C24H31FN4O/c1-19(20(2)25)17-28-24(30)21-12-13-27-22(16-21)10-6-4-7-11-23(18-26-3)29-14-8-5-9-15-29/h4,7,11-13,16,18H,1-2,5-6,8-10,14-15,17H2,3H3,(H,28,30)/b7-4+,23-11+,26-18-. The summed E-state index contributed by atoms with van der Waals surface area (Å²) >= 11 is 0. The van der Waals surface area contributed by atoms with Gasteiger partial charge in [-0.3, -0.25) is 14.8 Å². The fraction of sp³-hybridized carbons (Fsp3) is 0.375. The van der Waals surface area contributed by atoms with E-state index >= 15 is 0 Å². The van der Waals surface area contributed by atoms with Crippen LogP contribution in [0.1, 0.15) is 41.7 Å². The number of hydrogen-bond acceptors (Lipinski definition) is 4. The Hall–Kier alpha value is -3.02. The first kappa shape index (κ1) is 23.3. The summed E-state index contributed by atoms with van der Waals surface area (Å²) in [7, 11) is 1.79. The Morgan fingerprint density at radius 1 is 1.33 bits per heavy atom. The third-order valence-corrected chi connectivity index (χ3v) is 4.88. The van der Waals surface area contributed by atoms with E-state index in [0.717, 1.165) is 37.3 Å². The lowest BCUT2D eigenvalue weighted by Crippen LogP contribution is -2.29. The maximum atomic E-state index is 12.9. The van der Waals surface area contributed by atoms with Crippen molar-refractivity contribution >= 4 is 12.1 Å². The molecule has 2 rings (SSSR count). The number of halogens is 1. The Morgan fingerprint density at radius 3 is 2.80 bits per heavy atom.